The van der Waals surface area contributed by atoms with Crippen LogP contribution >= 0.6 is 0 Å². The van der Waals surface area contributed by atoms with E-state index in [0.29, 0.717) is 11.1 Å². The Bertz CT molecular complexity index is 734. The van der Waals surface area contributed by atoms with Crippen molar-refractivity contribution in [2.24, 2.45) is 0 Å². The number of phenols is 1. The predicted octanol–water partition coefficient (Wildman–Crippen LogP) is 2.61. The molecule has 2 N–H and O–H groups in total. The molecule has 0 bridgehead atoms. The van der Waals surface area contributed by atoms with E-state index in [0.717, 1.165) is 0 Å². The standard InChI is InChI=1S/C17H11NO2/c1-3-12-10-11-13(4-2)16(19)15(12)18-17(20)14-8-6-5-7-9-14/h1-2,5-11,19H,(H,18,20). The van der Waals surface area contributed by atoms with Gasteiger partial charge in [-0.1, -0.05) is 30.0 Å². The van der Waals surface area contributed by atoms with Gasteiger partial charge in [-0.25, -0.2) is 0 Å². The van der Waals surface area contributed by atoms with Crippen LogP contribution < -0.4 is 5.32 Å². The van der Waals surface area contributed by atoms with Gasteiger partial charge in [0.2, 0.25) is 0 Å². The first-order chi connectivity index (χ1) is 9.67. The molecule has 3 heteroatoms. The van der Waals surface area contributed by atoms with Crippen LogP contribution in [0.2, 0.25) is 0 Å². The van der Waals surface area contributed by atoms with Crippen LogP contribution in [0.1, 0.15) is 21.5 Å². The molecule has 0 aliphatic carbocycles. The van der Waals surface area contributed by atoms with Crippen molar-refractivity contribution in [1.82, 2.24) is 0 Å². The number of carbonyl (C=O) groups is 1. The predicted molar refractivity (Wildman–Crippen MR) is 78.4 cm³/mol. The fraction of sp³-hybridized carbons (Fsp3) is 0. The molecule has 0 spiro atoms. The number of hydrogen-bond donors (Lipinski definition) is 2. The highest BCUT2D eigenvalue weighted by Crippen LogP contribution is 2.31. The molecule has 0 unspecified atom stereocenters. The summed E-state index contributed by atoms with van der Waals surface area (Å²) in [4.78, 5) is 12.1. The number of aromatic hydroxyl groups is 1. The Labute approximate surface area is 117 Å². The fourth-order valence-corrected chi connectivity index (χ4v) is 1.73. The van der Waals surface area contributed by atoms with Crippen molar-refractivity contribution in [3.05, 3.63) is 59.2 Å². The number of amides is 1. The number of phenolic OH excluding ortho intramolecular Hbond substituents is 1. The van der Waals surface area contributed by atoms with Gasteiger partial charge >= 0.3 is 0 Å². The summed E-state index contributed by atoms with van der Waals surface area (Å²) in [6.45, 7) is 0. The molecule has 0 aliphatic rings. The maximum absolute atomic E-state index is 12.1. The summed E-state index contributed by atoms with van der Waals surface area (Å²) < 4.78 is 0. The molecule has 3 nitrogen and oxygen atoms in total. The molecular weight excluding hydrogens is 250 g/mol. The maximum Gasteiger partial charge on any atom is 0.255 e. The minimum Gasteiger partial charge on any atom is -0.504 e. The summed E-state index contributed by atoms with van der Waals surface area (Å²) in [5.74, 6) is 4.16. The SMILES string of the molecule is C#Cc1ccc(C#C)c(NC(=O)c2ccccc2)c1O. The Morgan fingerprint density at radius 3 is 2.20 bits per heavy atom. The third-order valence-corrected chi connectivity index (χ3v) is 2.76. The Balaban J connectivity index is 2.42. The number of hydrogen-bond acceptors (Lipinski definition) is 2. The summed E-state index contributed by atoms with van der Waals surface area (Å²) in [5, 5.41) is 12.6. The van der Waals surface area contributed by atoms with Crippen LogP contribution in [0.3, 0.4) is 0 Å². The van der Waals surface area contributed by atoms with Gasteiger partial charge in [-0.2, -0.15) is 0 Å². The summed E-state index contributed by atoms with van der Waals surface area (Å²) >= 11 is 0. The van der Waals surface area contributed by atoms with Gasteiger partial charge in [0.15, 0.2) is 5.75 Å². The topological polar surface area (TPSA) is 49.3 Å². The number of nitrogens with one attached hydrogen (secondary N) is 1. The van der Waals surface area contributed by atoms with Crippen LogP contribution in [0.5, 0.6) is 5.75 Å². The molecule has 1 amide bonds. The Morgan fingerprint density at radius 2 is 1.60 bits per heavy atom. The van der Waals surface area contributed by atoms with E-state index in [4.69, 9.17) is 12.8 Å². The van der Waals surface area contributed by atoms with Crippen LogP contribution in [0, 0.1) is 24.7 Å². The van der Waals surface area contributed by atoms with E-state index in [2.05, 4.69) is 17.2 Å². The van der Waals surface area contributed by atoms with Crippen molar-refractivity contribution in [3.8, 4) is 30.4 Å². The van der Waals surface area contributed by atoms with E-state index in [1.165, 1.54) is 6.07 Å². The summed E-state index contributed by atoms with van der Waals surface area (Å²) in [6.07, 6.45) is 10.6. The zero-order valence-corrected chi connectivity index (χ0v) is 10.6. The highest BCUT2D eigenvalue weighted by molar-refractivity contribution is 6.06. The molecule has 0 radical (unpaired) electrons. The van der Waals surface area contributed by atoms with Gasteiger partial charge in [-0.05, 0) is 24.3 Å². The van der Waals surface area contributed by atoms with Crippen LogP contribution in [0.15, 0.2) is 42.5 Å². The number of terminal acetylenes is 2. The van der Waals surface area contributed by atoms with Crippen LogP contribution in [-0.2, 0) is 0 Å². The lowest BCUT2D eigenvalue weighted by Gasteiger charge is -2.11. The lowest BCUT2D eigenvalue weighted by Crippen LogP contribution is -2.13. The second-order valence-corrected chi connectivity index (χ2v) is 3.99. The second kappa shape index (κ2) is 5.65. The minimum absolute atomic E-state index is 0.150. The van der Waals surface area contributed by atoms with E-state index in [1.807, 2.05) is 0 Å². The molecule has 96 valence electrons. The van der Waals surface area contributed by atoms with Crippen molar-refractivity contribution < 1.29 is 9.90 Å². The molecule has 2 rings (SSSR count). The lowest BCUT2D eigenvalue weighted by molar-refractivity contribution is 0.102. The highest BCUT2D eigenvalue weighted by atomic mass is 16.3. The van der Waals surface area contributed by atoms with Gasteiger partial charge in [0.1, 0.15) is 5.69 Å². The van der Waals surface area contributed by atoms with Gasteiger partial charge in [-0.15, -0.1) is 12.8 Å². The zero-order chi connectivity index (χ0) is 14.5. The van der Waals surface area contributed by atoms with Crippen LogP contribution in [0.4, 0.5) is 5.69 Å². The number of benzene rings is 2. The summed E-state index contributed by atoms with van der Waals surface area (Å²) in [6, 6.07) is 11.7. The average molecular weight is 261 g/mol. The molecule has 0 saturated carbocycles. The third kappa shape index (κ3) is 2.48. The van der Waals surface area contributed by atoms with Crippen molar-refractivity contribution in [2.75, 3.05) is 5.32 Å². The van der Waals surface area contributed by atoms with E-state index in [9.17, 15) is 9.90 Å². The lowest BCUT2D eigenvalue weighted by atomic mass is 10.1. The molecule has 0 atom stereocenters. The van der Waals surface area contributed by atoms with Crippen LogP contribution in [0.25, 0.3) is 0 Å². The van der Waals surface area contributed by atoms with Gasteiger partial charge in [-0.3, -0.25) is 4.79 Å². The third-order valence-electron chi connectivity index (χ3n) is 2.76. The van der Waals surface area contributed by atoms with E-state index < -0.39 is 0 Å². The van der Waals surface area contributed by atoms with Crippen molar-refractivity contribution >= 4 is 11.6 Å². The summed E-state index contributed by atoms with van der Waals surface area (Å²) in [5.41, 5.74) is 1.25. The molecule has 2 aromatic rings. The zero-order valence-electron chi connectivity index (χ0n) is 10.6. The van der Waals surface area contributed by atoms with Gasteiger partial charge < -0.3 is 10.4 Å². The smallest absolute Gasteiger partial charge is 0.255 e. The van der Waals surface area contributed by atoms with Crippen molar-refractivity contribution in [1.29, 1.82) is 0 Å². The highest BCUT2D eigenvalue weighted by Gasteiger charge is 2.14. The first-order valence-electron chi connectivity index (χ1n) is 5.83. The normalized spacial score (nSPS) is 9.30. The molecule has 0 heterocycles. The molecule has 0 aromatic heterocycles. The molecule has 0 aliphatic heterocycles. The molecule has 20 heavy (non-hydrogen) atoms. The largest absolute Gasteiger partial charge is 0.504 e. The minimum atomic E-state index is -0.369. The average Bonchev–Trinajstić information content (AvgIpc) is 2.50. The Hall–Kier alpha value is -3.17. The maximum atomic E-state index is 12.1. The molecule has 2 aromatic carbocycles. The first kappa shape index (κ1) is 13.3. The van der Waals surface area contributed by atoms with Gasteiger partial charge in [0.05, 0.1) is 11.1 Å². The molecule has 0 fully saturated rings. The van der Waals surface area contributed by atoms with E-state index in [1.54, 1.807) is 36.4 Å². The second-order valence-electron chi connectivity index (χ2n) is 3.99. The number of carbonyl (C=O) groups excluding carboxylic acids is 1. The number of rotatable bonds is 2. The van der Waals surface area contributed by atoms with Crippen LogP contribution in [-0.4, -0.2) is 11.0 Å². The fourth-order valence-electron chi connectivity index (χ4n) is 1.73. The Kier molecular flexibility index (Phi) is 3.75. The molecular formula is C17H11NO2. The monoisotopic (exact) mass is 261 g/mol. The van der Waals surface area contributed by atoms with Crippen molar-refractivity contribution in [3.63, 3.8) is 0 Å². The van der Waals surface area contributed by atoms with E-state index in [-0.39, 0.29) is 22.9 Å². The van der Waals surface area contributed by atoms with Crippen molar-refractivity contribution in [2.45, 2.75) is 0 Å². The first-order valence-corrected chi connectivity index (χ1v) is 5.83. The Morgan fingerprint density at radius 1 is 1.00 bits per heavy atom. The van der Waals surface area contributed by atoms with Gasteiger partial charge in [0, 0.05) is 5.56 Å². The quantitative estimate of drug-likeness (QED) is 0.645. The number of anilines is 1. The van der Waals surface area contributed by atoms with Gasteiger partial charge in [0.25, 0.3) is 5.91 Å². The molecule has 0 saturated heterocycles. The summed E-state index contributed by atoms with van der Waals surface area (Å²) in [7, 11) is 0. The van der Waals surface area contributed by atoms with E-state index >= 15 is 0 Å².